The van der Waals surface area contributed by atoms with E-state index in [4.69, 9.17) is 11.6 Å². The molecule has 2 heterocycles. The van der Waals surface area contributed by atoms with E-state index < -0.39 is 11.0 Å². The van der Waals surface area contributed by atoms with Gasteiger partial charge in [-0.1, -0.05) is 11.6 Å². The number of rotatable bonds is 2. The number of aliphatic hydroxyl groups excluding tert-OH is 1. The molecule has 0 aliphatic carbocycles. The van der Waals surface area contributed by atoms with E-state index in [0.717, 1.165) is 0 Å². The van der Waals surface area contributed by atoms with Crippen LogP contribution >= 0.6 is 11.6 Å². The summed E-state index contributed by atoms with van der Waals surface area (Å²) in [6.45, 7) is 0.906. The molecule has 0 bridgehead atoms. The van der Waals surface area contributed by atoms with Gasteiger partial charge in [0, 0.05) is 19.2 Å². The predicted octanol–water partition coefficient (Wildman–Crippen LogP) is 1.21. The lowest BCUT2D eigenvalue weighted by Gasteiger charge is -2.16. The number of hydrogen-bond acceptors (Lipinski definition) is 5. The normalized spacial score (nSPS) is 20.1. The van der Waals surface area contributed by atoms with Gasteiger partial charge >= 0.3 is 5.69 Å². The van der Waals surface area contributed by atoms with Gasteiger partial charge in [-0.2, -0.15) is 0 Å². The number of halogens is 1. The smallest absolute Gasteiger partial charge is 0.311 e. The zero-order valence-corrected chi connectivity index (χ0v) is 9.09. The average molecular weight is 244 g/mol. The molecule has 0 radical (unpaired) electrons. The number of pyridine rings is 1. The van der Waals surface area contributed by atoms with Gasteiger partial charge in [-0.05, 0) is 12.5 Å². The molecule has 1 atom stereocenters. The van der Waals surface area contributed by atoms with Gasteiger partial charge in [0.25, 0.3) is 0 Å². The van der Waals surface area contributed by atoms with E-state index in [2.05, 4.69) is 4.98 Å². The van der Waals surface area contributed by atoms with E-state index in [-0.39, 0.29) is 16.7 Å². The summed E-state index contributed by atoms with van der Waals surface area (Å²) in [5.41, 5.74) is -0.0847. The maximum Gasteiger partial charge on any atom is 0.311 e. The van der Waals surface area contributed by atoms with Crippen molar-refractivity contribution in [1.82, 2.24) is 4.98 Å². The summed E-state index contributed by atoms with van der Waals surface area (Å²) in [5, 5.41) is 20.4. The molecule has 2 rings (SSSR count). The standard InChI is InChI=1S/C9H10ClN3O3/c10-8-2-1-7(13(15)16)9(11-8)12-4-3-6(14)5-12/h1-2,6,14H,3-5H2. The number of nitro groups is 1. The topological polar surface area (TPSA) is 79.5 Å². The summed E-state index contributed by atoms with van der Waals surface area (Å²) in [4.78, 5) is 15.9. The number of hydrogen-bond donors (Lipinski definition) is 1. The summed E-state index contributed by atoms with van der Waals surface area (Å²) in [5.74, 6) is 0.231. The molecule has 1 aliphatic heterocycles. The van der Waals surface area contributed by atoms with Gasteiger partial charge in [0.1, 0.15) is 5.15 Å². The van der Waals surface area contributed by atoms with Gasteiger partial charge in [0.15, 0.2) is 0 Å². The highest BCUT2D eigenvalue weighted by atomic mass is 35.5. The van der Waals surface area contributed by atoms with Crippen molar-refractivity contribution in [3.8, 4) is 0 Å². The fourth-order valence-electron chi connectivity index (χ4n) is 1.73. The highest BCUT2D eigenvalue weighted by molar-refractivity contribution is 6.29. The number of aliphatic hydroxyl groups is 1. The fourth-order valence-corrected chi connectivity index (χ4v) is 1.87. The molecule has 0 aromatic carbocycles. The largest absolute Gasteiger partial charge is 0.391 e. The number of anilines is 1. The molecule has 86 valence electrons. The van der Waals surface area contributed by atoms with Crippen molar-refractivity contribution in [3.05, 3.63) is 27.4 Å². The van der Waals surface area contributed by atoms with Crippen molar-refractivity contribution in [2.75, 3.05) is 18.0 Å². The first-order valence-electron chi connectivity index (χ1n) is 4.82. The van der Waals surface area contributed by atoms with Crippen LogP contribution in [0.15, 0.2) is 12.1 Å². The lowest BCUT2D eigenvalue weighted by Crippen LogP contribution is -2.23. The maximum atomic E-state index is 10.8. The zero-order chi connectivity index (χ0) is 11.7. The first kappa shape index (κ1) is 11.1. The van der Waals surface area contributed by atoms with Crippen LogP contribution in [0, 0.1) is 10.1 Å². The highest BCUT2D eigenvalue weighted by Crippen LogP contribution is 2.29. The van der Waals surface area contributed by atoms with Crippen LogP contribution < -0.4 is 4.90 Å². The Labute approximate surface area is 96.6 Å². The Hall–Kier alpha value is -1.40. The first-order valence-corrected chi connectivity index (χ1v) is 5.19. The number of nitrogens with zero attached hydrogens (tertiary/aromatic N) is 3. The monoisotopic (exact) mass is 243 g/mol. The number of aromatic nitrogens is 1. The second-order valence-electron chi connectivity index (χ2n) is 3.62. The third kappa shape index (κ3) is 2.07. The minimum absolute atomic E-state index is 0.0847. The third-order valence-corrected chi connectivity index (χ3v) is 2.69. The molecule has 0 amide bonds. The summed E-state index contributed by atoms with van der Waals surface area (Å²) in [7, 11) is 0. The van der Waals surface area contributed by atoms with Crippen molar-refractivity contribution in [3.63, 3.8) is 0 Å². The van der Waals surface area contributed by atoms with Crippen LogP contribution in [-0.4, -0.2) is 34.2 Å². The van der Waals surface area contributed by atoms with Gasteiger partial charge in [-0.25, -0.2) is 4.98 Å². The van der Waals surface area contributed by atoms with E-state index in [9.17, 15) is 15.2 Å². The lowest BCUT2D eigenvalue weighted by atomic mass is 10.3. The van der Waals surface area contributed by atoms with Gasteiger partial charge in [0.2, 0.25) is 5.82 Å². The fraction of sp³-hybridized carbons (Fsp3) is 0.444. The highest BCUT2D eigenvalue weighted by Gasteiger charge is 2.27. The van der Waals surface area contributed by atoms with E-state index in [0.29, 0.717) is 19.5 Å². The minimum Gasteiger partial charge on any atom is -0.391 e. The van der Waals surface area contributed by atoms with Gasteiger partial charge in [-0.3, -0.25) is 10.1 Å². The molecule has 0 saturated carbocycles. The molecule has 7 heteroatoms. The lowest BCUT2D eigenvalue weighted by molar-refractivity contribution is -0.384. The third-order valence-electron chi connectivity index (χ3n) is 2.48. The summed E-state index contributed by atoms with van der Waals surface area (Å²) < 4.78 is 0. The van der Waals surface area contributed by atoms with Crippen LogP contribution in [0.3, 0.4) is 0 Å². The van der Waals surface area contributed by atoms with Crippen LogP contribution in [0.2, 0.25) is 5.15 Å². The molecule has 1 unspecified atom stereocenters. The van der Waals surface area contributed by atoms with E-state index in [1.165, 1.54) is 12.1 Å². The van der Waals surface area contributed by atoms with Crippen LogP contribution in [0.25, 0.3) is 0 Å². The SMILES string of the molecule is O=[N+]([O-])c1ccc(Cl)nc1N1CCC(O)C1. The molecule has 1 aromatic rings. The van der Waals surface area contributed by atoms with Gasteiger partial charge < -0.3 is 10.0 Å². The van der Waals surface area contributed by atoms with Gasteiger partial charge in [0.05, 0.1) is 11.0 Å². The Bertz CT molecular complexity index is 426. The maximum absolute atomic E-state index is 10.8. The predicted molar refractivity (Wildman–Crippen MR) is 58.7 cm³/mol. The van der Waals surface area contributed by atoms with Crippen LogP contribution in [0.5, 0.6) is 0 Å². The molecule has 1 aromatic heterocycles. The second-order valence-corrected chi connectivity index (χ2v) is 4.01. The first-order chi connectivity index (χ1) is 7.58. The average Bonchev–Trinajstić information content (AvgIpc) is 2.64. The van der Waals surface area contributed by atoms with Crippen LogP contribution in [-0.2, 0) is 0 Å². The summed E-state index contributed by atoms with van der Waals surface area (Å²) in [6, 6.07) is 2.71. The molecule has 1 aliphatic rings. The summed E-state index contributed by atoms with van der Waals surface area (Å²) >= 11 is 5.71. The molecule has 6 nitrogen and oxygen atoms in total. The van der Waals surface area contributed by atoms with E-state index in [1.807, 2.05) is 0 Å². The Morgan fingerprint density at radius 3 is 2.94 bits per heavy atom. The van der Waals surface area contributed by atoms with E-state index >= 15 is 0 Å². The number of β-amino-alcohol motifs (C(OH)–C–C–N with tert-alkyl or cyclic N) is 1. The molecule has 1 saturated heterocycles. The second kappa shape index (κ2) is 4.23. The Morgan fingerprint density at radius 2 is 2.38 bits per heavy atom. The molecular weight excluding hydrogens is 234 g/mol. The van der Waals surface area contributed by atoms with Gasteiger partial charge in [-0.15, -0.1) is 0 Å². The van der Waals surface area contributed by atoms with Crippen molar-refractivity contribution in [2.45, 2.75) is 12.5 Å². The van der Waals surface area contributed by atoms with Crippen molar-refractivity contribution >= 4 is 23.1 Å². The Morgan fingerprint density at radius 1 is 1.62 bits per heavy atom. The van der Waals surface area contributed by atoms with Crippen LogP contribution in [0.1, 0.15) is 6.42 Å². The molecule has 1 fully saturated rings. The minimum atomic E-state index is -0.497. The Balaban J connectivity index is 2.37. The van der Waals surface area contributed by atoms with Crippen molar-refractivity contribution in [2.24, 2.45) is 0 Å². The van der Waals surface area contributed by atoms with Crippen LogP contribution in [0.4, 0.5) is 11.5 Å². The van der Waals surface area contributed by atoms with Crippen molar-refractivity contribution in [1.29, 1.82) is 0 Å². The quantitative estimate of drug-likeness (QED) is 0.480. The summed E-state index contributed by atoms with van der Waals surface area (Å²) in [6.07, 6.45) is 0.131. The molecule has 16 heavy (non-hydrogen) atoms. The molecule has 1 N–H and O–H groups in total. The zero-order valence-electron chi connectivity index (χ0n) is 8.34. The van der Waals surface area contributed by atoms with Crippen molar-refractivity contribution < 1.29 is 10.0 Å². The Kier molecular flexibility index (Phi) is 2.93. The van der Waals surface area contributed by atoms with E-state index in [1.54, 1.807) is 4.90 Å². The molecular formula is C9H10ClN3O3. The molecule has 0 spiro atoms.